The topological polar surface area (TPSA) is 80.4 Å². The number of hydrogen-bond acceptors (Lipinski definition) is 3. The maximum atomic E-state index is 11.8. The summed E-state index contributed by atoms with van der Waals surface area (Å²) in [5.74, 6) is -1.28. The van der Waals surface area contributed by atoms with Crippen molar-refractivity contribution in [1.29, 1.82) is 0 Å². The lowest BCUT2D eigenvalue weighted by molar-refractivity contribution is -0.141. The van der Waals surface area contributed by atoms with Crippen molar-refractivity contribution < 1.29 is 14.7 Å². The zero-order chi connectivity index (χ0) is 14.4. The first-order valence-corrected chi connectivity index (χ1v) is 6.21. The van der Waals surface area contributed by atoms with Crippen molar-refractivity contribution in [3.63, 3.8) is 0 Å². The van der Waals surface area contributed by atoms with Gasteiger partial charge in [0.05, 0.1) is 5.92 Å². The van der Waals surface area contributed by atoms with Crippen LogP contribution >= 0.6 is 0 Å². The molecule has 0 saturated carbocycles. The van der Waals surface area contributed by atoms with E-state index in [9.17, 15) is 9.59 Å². The summed E-state index contributed by atoms with van der Waals surface area (Å²) in [7, 11) is 0. The van der Waals surface area contributed by atoms with E-state index in [-0.39, 0.29) is 11.7 Å². The van der Waals surface area contributed by atoms with E-state index in [0.717, 1.165) is 0 Å². The van der Waals surface area contributed by atoms with E-state index >= 15 is 0 Å². The van der Waals surface area contributed by atoms with Crippen LogP contribution in [0.1, 0.15) is 30.6 Å². The summed E-state index contributed by atoms with van der Waals surface area (Å²) in [5, 5.41) is 8.81. The standard InChI is InChI=1S/C15H19NO3/c1-10(9-11(2)15(18)19)3-8-14(17)12-4-6-13(16)7-5-12/h3-8,10-11H,9,16H2,1-2H3,(H,18,19)/t10-,11-/m1/s1. The van der Waals surface area contributed by atoms with Gasteiger partial charge in [0.25, 0.3) is 0 Å². The zero-order valence-electron chi connectivity index (χ0n) is 11.2. The highest BCUT2D eigenvalue weighted by molar-refractivity contribution is 6.04. The molecule has 0 aliphatic rings. The number of nitrogens with two attached hydrogens (primary N) is 1. The average molecular weight is 261 g/mol. The first kappa shape index (κ1) is 15.0. The van der Waals surface area contributed by atoms with Gasteiger partial charge >= 0.3 is 5.97 Å². The summed E-state index contributed by atoms with van der Waals surface area (Å²) in [6.45, 7) is 3.56. The van der Waals surface area contributed by atoms with E-state index in [1.54, 1.807) is 37.3 Å². The van der Waals surface area contributed by atoms with Crippen LogP contribution in [-0.2, 0) is 4.79 Å². The summed E-state index contributed by atoms with van der Waals surface area (Å²) in [4.78, 5) is 22.6. The van der Waals surface area contributed by atoms with Crippen LogP contribution in [-0.4, -0.2) is 16.9 Å². The third-order valence-corrected chi connectivity index (χ3v) is 2.92. The summed E-state index contributed by atoms with van der Waals surface area (Å²) >= 11 is 0. The molecule has 1 aromatic rings. The monoisotopic (exact) mass is 261 g/mol. The molecule has 19 heavy (non-hydrogen) atoms. The van der Waals surface area contributed by atoms with Gasteiger partial charge in [-0.25, -0.2) is 0 Å². The maximum absolute atomic E-state index is 11.8. The molecule has 2 atom stereocenters. The van der Waals surface area contributed by atoms with E-state index in [0.29, 0.717) is 17.7 Å². The lowest BCUT2D eigenvalue weighted by Gasteiger charge is -2.09. The van der Waals surface area contributed by atoms with Gasteiger partial charge in [0, 0.05) is 11.3 Å². The number of hydrogen-bond donors (Lipinski definition) is 2. The van der Waals surface area contributed by atoms with Crippen molar-refractivity contribution in [1.82, 2.24) is 0 Å². The van der Waals surface area contributed by atoms with Gasteiger partial charge in [0.2, 0.25) is 0 Å². The van der Waals surface area contributed by atoms with Crippen molar-refractivity contribution in [2.24, 2.45) is 11.8 Å². The number of rotatable bonds is 6. The minimum Gasteiger partial charge on any atom is -0.481 e. The molecule has 0 spiro atoms. The second-order valence-electron chi connectivity index (χ2n) is 4.80. The Labute approximate surface area is 112 Å². The Morgan fingerprint density at radius 2 is 1.84 bits per heavy atom. The van der Waals surface area contributed by atoms with Gasteiger partial charge in [-0.05, 0) is 42.7 Å². The molecular formula is C15H19NO3. The number of carboxylic acids is 1. The molecule has 4 nitrogen and oxygen atoms in total. The van der Waals surface area contributed by atoms with Gasteiger partial charge in [0.15, 0.2) is 5.78 Å². The van der Waals surface area contributed by atoms with E-state index in [1.165, 1.54) is 6.08 Å². The van der Waals surface area contributed by atoms with E-state index in [4.69, 9.17) is 10.8 Å². The number of aliphatic carboxylic acids is 1. The Hall–Kier alpha value is -2.10. The third-order valence-electron chi connectivity index (χ3n) is 2.92. The molecule has 1 aromatic carbocycles. The van der Waals surface area contributed by atoms with Gasteiger partial charge in [-0.3, -0.25) is 9.59 Å². The number of ketones is 1. The van der Waals surface area contributed by atoms with Crippen LogP contribution in [0.25, 0.3) is 0 Å². The number of benzene rings is 1. The normalized spacial score (nSPS) is 14.2. The smallest absolute Gasteiger partial charge is 0.306 e. The lowest BCUT2D eigenvalue weighted by Crippen LogP contribution is -2.12. The van der Waals surface area contributed by atoms with Crippen LogP contribution in [0, 0.1) is 11.8 Å². The molecule has 0 fully saturated rings. The van der Waals surface area contributed by atoms with Crippen LogP contribution in [0.15, 0.2) is 36.4 Å². The number of carbonyl (C=O) groups is 2. The molecule has 0 bridgehead atoms. The molecule has 0 aliphatic heterocycles. The van der Waals surface area contributed by atoms with E-state index in [1.807, 2.05) is 6.92 Å². The SMILES string of the molecule is C[C@H](C=CC(=O)c1ccc(N)cc1)C[C@@H](C)C(=O)O. The molecule has 0 saturated heterocycles. The van der Waals surface area contributed by atoms with Crippen molar-refractivity contribution in [2.75, 3.05) is 5.73 Å². The second-order valence-corrected chi connectivity index (χ2v) is 4.80. The quantitative estimate of drug-likeness (QED) is 0.468. The molecule has 0 aromatic heterocycles. The molecule has 102 valence electrons. The Morgan fingerprint density at radius 1 is 1.26 bits per heavy atom. The molecule has 3 N–H and O–H groups in total. The molecule has 0 heterocycles. The first-order chi connectivity index (χ1) is 8.90. The highest BCUT2D eigenvalue weighted by atomic mass is 16.4. The molecule has 4 heteroatoms. The van der Waals surface area contributed by atoms with Crippen LogP contribution in [0.4, 0.5) is 5.69 Å². The fraction of sp³-hybridized carbons (Fsp3) is 0.333. The van der Waals surface area contributed by atoms with Gasteiger partial charge < -0.3 is 10.8 Å². The zero-order valence-corrected chi connectivity index (χ0v) is 11.2. The Bertz CT molecular complexity index is 477. The predicted octanol–water partition coefficient (Wildman–Crippen LogP) is 2.75. The summed E-state index contributed by atoms with van der Waals surface area (Å²) in [6.07, 6.45) is 3.75. The van der Waals surface area contributed by atoms with Crippen LogP contribution in [0.3, 0.4) is 0 Å². The second kappa shape index (κ2) is 6.73. The minimum absolute atomic E-state index is 0.0452. The summed E-state index contributed by atoms with van der Waals surface area (Å²) < 4.78 is 0. The Balaban J connectivity index is 2.58. The molecule has 0 aliphatic carbocycles. The number of allylic oxidation sites excluding steroid dienone is 2. The van der Waals surface area contributed by atoms with Gasteiger partial charge in [-0.15, -0.1) is 0 Å². The highest BCUT2D eigenvalue weighted by Crippen LogP contribution is 2.14. The number of nitrogen functional groups attached to an aromatic ring is 1. The third kappa shape index (κ3) is 4.95. The largest absolute Gasteiger partial charge is 0.481 e. The number of carboxylic acid groups (broad SMARTS) is 1. The van der Waals surface area contributed by atoms with Crippen molar-refractivity contribution in [3.05, 3.63) is 42.0 Å². The Morgan fingerprint density at radius 3 is 2.37 bits per heavy atom. The van der Waals surface area contributed by atoms with E-state index < -0.39 is 11.9 Å². The fourth-order valence-corrected chi connectivity index (χ4v) is 1.73. The number of carbonyl (C=O) groups excluding carboxylic acids is 1. The van der Waals surface area contributed by atoms with Crippen LogP contribution in [0.5, 0.6) is 0 Å². The average Bonchev–Trinajstić information content (AvgIpc) is 2.36. The molecule has 0 amide bonds. The Kier molecular flexibility index (Phi) is 5.30. The van der Waals surface area contributed by atoms with Crippen molar-refractivity contribution in [3.8, 4) is 0 Å². The van der Waals surface area contributed by atoms with Crippen molar-refractivity contribution in [2.45, 2.75) is 20.3 Å². The lowest BCUT2D eigenvalue weighted by atomic mass is 9.96. The molecule has 1 rings (SSSR count). The minimum atomic E-state index is -0.815. The van der Waals surface area contributed by atoms with Crippen LogP contribution in [0.2, 0.25) is 0 Å². The molecule has 0 unspecified atom stereocenters. The first-order valence-electron chi connectivity index (χ1n) is 6.21. The van der Waals surface area contributed by atoms with Gasteiger partial charge in [-0.2, -0.15) is 0 Å². The highest BCUT2D eigenvalue weighted by Gasteiger charge is 2.13. The predicted molar refractivity (Wildman–Crippen MR) is 74.9 cm³/mol. The summed E-state index contributed by atoms with van der Waals surface area (Å²) in [6, 6.07) is 6.70. The molecular weight excluding hydrogens is 242 g/mol. The number of anilines is 1. The van der Waals surface area contributed by atoms with E-state index in [2.05, 4.69) is 0 Å². The van der Waals surface area contributed by atoms with Crippen molar-refractivity contribution >= 4 is 17.4 Å². The summed E-state index contributed by atoms with van der Waals surface area (Å²) in [5.41, 5.74) is 6.74. The van der Waals surface area contributed by atoms with Crippen LogP contribution < -0.4 is 5.73 Å². The fourth-order valence-electron chi connectivity index (χ4n) is 1.73. The van der Waals surface area contributed by atoms with Gasteiger partial charge in [0.1, 0.15) is 0 Å². The molecule has 0 radical (unpaired) electrons. The maximum Gasteiger partial charge on any atom is 0.306 e. The van der Waals surface area contributed by atoms with Gasteiger partial charge in [-0.1, -0.05) is 19.9 Å².